The number of carbonyl (C=O) groups excluding carboxylic acids is 1. The van der Waals surface area contributed by atoms with Crippen LogP contribution in [0.3, 0.4) is 0 Å². The smallest absolute Gasteiger partial charge is 0.222 e. The third-order valence-corrected chi connectivity index (χ3v) is 5.47. The van der Waals surface area contributed by atoms with E-state index in [2.05, 4.69) is 24.9 Å². The fourth-order valence-corrected chi connectivity index (χ4v) is 4.21. The number of hydrogen-bond donors (Lipinski definition) is 0. The quantitative estimate of drug-likeness (QED) is 0.793. The van der Waals surface area contributed by atoms with E-state index in [1.165, 1.54) is 4.70 Å². The van der Waals surface area contributed by atoms with Crippen LogP contribution in [-0.4, -0.2) is 41.1 Å². The summed E-state index contributed by atoms with van der Waals surface area (Å²) < 4.78 is 7.07. The van der Waals surface area contributed by atoms with Crippen LogP contribution in [0.25, 0.3) is 10.2 Å². The minimum absolute atomic E-state index is 0.270. The number of thiazole rings is 1. The molecule has 5 heteroatoms. The van der Waals surface area contributed by atoms with Gasteiger partial charge in [0.15, 0.2) is 0 Å². The van der Waals surface area contributed by atoms with Gasteiger partial charge in [0.2, 0.25) is 5.91 Å². The number of rotatable bonds is 6. The van der Waals surface area contributed by atoms with E-state index in [0.29, 0.717) is 12.5 Å². The SMILES string of the molecule is CC(C)OC1CCN(C(=O)CCCc2nc3ccccc3s2)CC1. The molecular weight excluding hydrogens is 320 g/mol. The highest BCUT2D eigenvalue weighted by molar-refractivity contribution is 7.18. The standard InChI is InChI=1S/C19H26N2O2S/c1-14(2)23-15-10-12-21(13-11-15)19(22)9-5-8-18-20-16-6-3-4-7-17(16)24-18/h3-4,6-7,14-15H,5,8-13H2,1-2H3. The van der Waals surface area contributed by atoms with E-state index in [0.717, 1.165) is 49.3 Å². The Hall–Kier alpha value is -1.46. The van der Waals surface area contributed by atoms with Gasteiger partial charge in [0.05, 0.1) is 27.4 Å². The number of fused-ring (bicyclic) bond motifs is 1. The molecule has 0 spiro atoms. The van der Waals surface area contributed by atoms with Crippen molar-refractivity contribution < 1.29 is 9.53 Å². The molecule has 1 aliphatic rings. The number of amides is 1. The summed E-state index contributed by atoms with van der Waals surface area (Å²) >= 11 is 1.74. The Kier molecular flexibility index (Phi) is 5.85. The summed E-state index contributed by atoms with van der Waals surface area (Å²) in [6.45, 7) is 5.80. The van der Waals surface area contributed by atoms with Gasteiger partial charge < -0.3 is 9.64 Å². The highest BCUT2D eigenvalue weighted by Gasteiger charge is 2.23. The first kappa shape index (κ1) is 17.4. The molecule has 0 bridgehead atoms. The summed E-state index contributed by atoms with van der Waals surface area (Å²) in [4.78, 5) is 19.0. The van der Waals surface area contributed by atoms with Gasteiger partial charge in [0, 0.05) is 19.5 Å². The first-order valence-corrected chi connectivity index (χ1v) is 9.71. The van der Waals surface area contributed by atoms with Gasteiger partial charge in [-0.15, -0.1) is 11.3 Å². The molecule has 0 radical (unpaired) electrons. The molecule has 0 saturated carbocycles. The molecule has 1 aromatic heterocycles. The molecule has 1 aromatic carbocycles. The maximum atomic E-state index is 12.4. The molecule has 0 atom stereocenters. The fraction of sp³-hybridized carbons (Fsp3) is 0.579. The Morgan fingerprint density at radius 3 is 2.79 bits per heavy atom. The average Bonchev–Trinajstić information content (AvgIpc) is 2.97. The molecular formula is C19H26N2O2S. The topological polar surface area (TPSA) is 42.4 Å². The van der Waals surface area contributed by atoms with Crippen molar-refractivity contribution in [3.63, 3.8) is 0 Å². The monoisotopic (exact) mass is 346 g/mol. The van der Waals surface area contributed by atoms with Gasteiger partial charge in [-0.05, 0) is 51.7 Å². The van der Waals surface area contributed by atoms with Gasteiger partial charge in [-0.1, -0.05) is 12.1 Å². The second-order valence-electron chi connectivity index (χ2n) is 6.69. The number of likely N-dealkylation sites (tertiary alicyclic amines) is 1. The first-order valence-electron chi connectivity index (χ1n) is 8.89. The number of ether oxygens (including phenoxy) is 1. The number of carbonyl (C=O) groups is 1. The van der Waals surface area contributed by atoms with Crippen molar-refractivity contribution in [2.24, 2.45) is 0 Å². The lowest BCUT2D eigenvalue weighted by atomic mass is 10.1. The van der Waals surface area contributed by atoms with Crippen LogP contribution >= 0.6 is 11.3 Å². The molecule has 2 aromatic rings. The molecule has 1 aliphatic heterocycles. The lowest BCUT2D eigenvalue weighted by Crippen LogP contribution is -2.41. The number of aromatic nitrogens is 1. The van der Waals surface area contributed by atoms with Crippen LogP contribution in [0, 0.1) is 0 Å². The molecule has 24 heavy (non-hydrogen) atoms. The third kappa shape index (κ3) is 4.54. The zero-order chi connectivity index (χ0) is 16.9. The predicted molar refractivity (Wildman–Crippen MR) is 98.4 cm³/mol. The van der Waals surface area contributed by atoms with Gasteiger partial charge >= 0.3 is 0 Å². The van der Waals surface area contributed by atoms with Crippen molar-refractivity contribution in [2.75, 3.05) is 13.1 Å². The van der Waals surface area contributed by atoms with Crippen molar-refractivity contribution in [2.45, 2.75) is 58.2 Å². The number of nitrogens with zero attached hydrogens (tertiary/aromatic N) is 2. The maximum Gasteiger partial charge on any atom is 0.222 e. The molecule has 3 rings (SSSR count). The summed E-state index contributed by atoms with van der Waals surface area (Å²) in [7, 11) is 0. The van der Waals surface area contributed by atoms with Crippen LogP contribution in [-0.2, 0) is 16.0 Å². The first-order chi connectivity index (χ1) is 11.6. The van der Waals surface area contributed by atoms with Crippen molar-refractivity contribution in [3.05, 3.63) is 29.3 Å². The van der Waals surface area contributed by atoms with Gasteiger partial charge in [-0.2, -0.15) is 0 Å². The summed E-state index contributed by atoms with van der Waals surface area (Å²) in [6.07, 6.45) is 4.89. The van der Waals surface area contributed by atoms with Gasteiger partial charge in [0.1, 0.15) is 0 Å². The van der Waals surface area contributed by atoms with Gasteiger partial charge in [-0.25, -0.2) is 4.98 Å². The normalized spacial score (nSPS) is 16.2. The van der Waals surface area contributed by atoms with Crippen LogP contribution in [0.4, 0.5) is 0 Å². The van der Waals surface area contributed by atoms with Crippen molar-refractivity contribution in [1.29, 1.82) is 0 Å². The van der Waals surface area contributed by atoms with Crippen LogP contribution in [0.1, 0.15) is 44.5 Å². The molecule has 0 aliphatic carbocycles. The van der Waals surface area contributed by atoms with Crippen molar-refractivity contribution >= 4 is 27.5 Å². The van der Waals surface area contributed by atoms with E-state index in [1.807, 2.05) is 23.1 Å². The summed E-state index contributed by atoms with van der Waals surface area (Å²) in [5.74, 6) is 0.277. The minimum Gasteiger partial charge on any atom is -0.375 e. The molecule has 4 nitrogen and oxygen atoms in total. The maximum absolute atomic E-state index is 12.4. The second-order valence-corrected chi connectivity index (χ2v) is 7.81. The number of piperidine rings is 1. The van der Waals surface area contributed by atoms with E-state index in [9.17, 15) is 4.79 Å². The lowest BCUT2D eigenvalue weighted by Gasteiger charge is -2.33. The van der Waals surface area contributed by atoms with Gasteiger partial charge in [0.25, 0.3) is 0 Å². The molecule has 2 heterocycles. The van der Waals surface area contributed by atoms with Crippen molar-refractivity contribution in [3.8, 4) is 0 Å². The van der Waals surface area contributed by atoms with Crippen LogP contribution in [0.15, 0.2) is 24.3 Å². The zero-order valence-corrected chi connectivity index (χ0v) is 15.3. The number of benzene rings is 1. The van der Waals surface area contributed by atoms with Crippen LogP contribution < -0.4 is 0 Å². The summed E-state index contributed by atoms with van der Waals surface area (Å²) in [6, 6.07) is 8.21. The third-order valence-electron chi connectivity index (χ3n) is 4.38. The number of para-hydroxylation sites is 1. The molecule has 0 N–H and O–H groups in total. The van der Waals surface area contributed by atoms with Crippen molar-refractivity contribution in [1.82, 2.24) is 9.88 Å². The Bertz CT molecular complexity index is 642. The largest absolute Gasteiger partial charge is 0.375 e. The molecule has 130 valence electrons. The summed E-state index contributed by atoms with van der Waals surface area (Å²) in [5, 5.41) is 1.13. The predicted octanol–water partition coefficient (Wildman–Crippen LogP) is 4.04. The zero-order valence-electron chi connectivity index (χ0n) is 14.5. The Morgan fingerprint density at radius 1 is 1.33 bits per heavy atom. The van der Waals surface area contributed by atoms with E-state index in [-0.39, 0.29) is 12.0 Å². The number of aryl methyl sites for hydroxylation is 1. The molecule has 1 amide bonds. The van der Waals surface area contributed by atoms with Crippen LogP contribution in [0.5, 0.6) is 0 Å². The molecule has 0 unspecified atom stereocenters. The van der Waals surface area contributed by atoms with E-state index in [1.54, 1.807) is 11.3 Å². The van der Waals surface area contributed by atoms with Crippen LogP contribution in [0.2, 0.25) is 0 Å². The number of hydrogen-bond acceptors (Lipinski definition) is 4. The van der Waals surface area contributed by atoms with Gasteiger partial charge in [-0.3, -0.25) is 4.79 Å². The second kappa shape index (κ2) is 8.08. The Morgan fingerprint density at radius 2 is 2.08 bits per heavy atom. The van der Waals surface area contributed by atoms with E-state index < -0.39 is 0 Å². The highest BCUT2D eigenvalue weighted by atomic mass is 32.1. The summed E-state index contributed by atoms with van der Waals surface area (Å²) in [5.41, 5.74) is 1.07. The average molecular weight is 346 g/mol. The Balaban J connectivity index is 1.41. The molecule has 1 fully saturated rings. The minimum atomic E-state index is 0.270. The highest BCUT2D eigenvalue weighted by Crippen LogP contribution is 2.23. The van der Waals surface area contributed by atoms with E-state index in [4.69, 9.17) is 4.74 Å². The lowest BCUT2D eigenvalue weighted by molar-refractivity contribution is -0.134. The fourth-order valence-electron chi connectivity index (χ4n) is 3.20. The Labute approximate surface area is 147 Å². The molecule has 1 saturated heterocycles. The van der Waals surface area contributed by atoms with E-state index >= 15 is 0 Å².